The minimum absolute atomic E-state index is 0.0384. The largest absolute Gasteiger partial charge is 0.368 e. The van der Waals surface area contributed by atoms with Crippen molar-refractivity contribution in [3.8, 4) is 11.3 Å². The van der Waals surface area contributed by atoms with Crippen LogP contribution in [0, 0.1) is 0 Å². The third-order valence-electron chi connectivity index (χ3n) is 6.65. The molecule has 1 saturated heterocycles. The molecule has 8 nitrogen and oxygen atoms in total. The fourth-order valence-electron chi connectivity index (χ4n) is 4.57. The molecule has 34 heavy (non-hydrogen) atoms. The molecular weight excluding hydrogens is 426 g/mol. The molecule has 3 aromatic rings. The highest BCUT2D eigenvalue weighted by Crippen LogP contribution is 2.28. The Hall–Kier alpha value is -3.65. The number of carbonyl (C=O) groups excluding carboxylic acids is 1. The standard InChI is InChI=1S/C26H31N7O/c1-31-11-13-32(14-12-31)24-16-23(29-25(27)30-24)21-8-7-20-9-10-33(18-22(20)15-21)26(34)28-17-19-5-3-2-4-6-19/h2-8,15-16H,9-14,17-18H2,1H3,(H,28,34)(H2,27,29,30). The smallest absolute Gasteiger partial charge is 0.317 e. The number of piperazine rings is 1. The quantitative estimate of drug-likeness (QED) is 0.626. The lowest BCUT2D eigenvalue weighted by Crippen LogP contribution is -2.44. The minimum Gasteiger partial charge on any atom is -0.368 e. The molecule has 0 spiro atoms. The van der Waals surface area contributed by atoms with Gasteiger partial charge in [-0.15, -0.1) is 0 Å². The van der Waals surface area contributed by atoms with E-state index in [1.807, 2.05) is 41.3 Å². The van der Waals surface area contributed by atoms with E-state index < -0.39 is 0 Å². The number of anilines is 2. The molecule has 176 valence electrons. The molecule has 0 radical (unpaired) electrons. The van der Waals surface area contributed by atoms with E-state index in [4.69, 9.17) is 5.73 Å². The number of rotatable bonds is 4. The Bertz CT molecular complexity index is 1160. The zero-order valence-electron chi connectivity index (χ0n) is 19.6. The van der Waals surface area contributed by atoms with Gasteiger partial charge in [-0.25, -0.2) is 9.78 Å². The predicted octanol–water partition coefficient (Wildman–Crippen LogP) is 2.75. The third kappa shape index (κ3) is 4.97. The van der Waals surface area contributed by atoms with Gasteiger partial charge in [0.1, 0.15) is 5.82 Å². The monoisotopic (exact) mass is 457 g/mol. The number of fused-ring (bicyclic) bond motifs is 1. The summed E-state index contributed by atoms with van der Waals surface area (Å²) >= 11 is 0. The Balaban J connectivity index is 1.31. The Morgan fingerprint density at radius 1 is 0.971 bits per heavy atom. The van der Waals surface area contributed by atoms with Crippen LogP contribution >= 0.6 is 0 Å². The first-order chi connectivity index (χ1) is 16.5. The fraction of sp³-hybridized carbons (Fsp3) is 0.346. The van der Waals surface area contributed by atoms with Gasteiger partial charge in [0.05, 0.1) is 5.69 Å². The molecule has 0 aliphatic carbocycles. The Morgan fingerprint density at radius 3 is 2.56 bits per heavy atom. The summed E-state index contributed by atoms with van der Waals surface area (Å²) in [6.07, 6.45) is 0.840. The lowest BCUT2D eigenvalue weighted by Gasteiger charge is -2.33. The predicted molar refractivity (Wildman–Crippen MR) is 134 cm³/mol. The van der Waals surface area contributed by atoms with Crippen molar-refractivity contribution in [2.45, 2.75) is 19.5 Å². The van der Waals surface area contributed by atoms with Crippen molar-refractivity contribution >= 4 is 17.8 Å². The number of nitrogens with zero attached hydrogens (tertiary/aromatic N) is 5. The second-order valence-corrected chi connectivity index (χ2v) is 9.06. The van der Waals surface area contributed by atoms with Crippen molar-refractivity contribution in [1.82, 2.24) is 25.1 Å². The van der Waals surface area contributed by atoms with E-state index in [1.54, 1.807) is 0 Å². The van der Waals surface area contributed by atoms with Crippen molar-refractivity contribution in [3.05, 3.63) is 71.3 Å². The molecule has 0 atom stereocenters. The van der Waals surface area contributed by atoms with Crippen molar-refractivity contribution in [3.63, 3.8) is 0 Å². The number of aromatic nitrogens is 2. The molecule has 2 amide bonds. The molecule has 8 heteroatoms. The van der Waals surface area contributed by atoms with Crippen LogP contribution in [0.4, 0.5) is 16.6 Å². The van der Waals surface area contributed by atoms with E-state index in [0.29, 0.717) is 19.6 Å². The highest BCUT2D eigenvalue weighted by atomic mass is 16.2. The number of carbonyl (C=O) groups is 1. The van der Waals surface area contributed by atoms with E-state index in [9.17, 15) is 4.79 Å². The van der Waals surface area contributed by atoms with Crippen LogP contribution < -0.4 is 16.0 Å². The van der Waals surface area contributed by atoms with E-state index in [-0.39, 0.29) is 12.0 Å². The minimum atomic E-state index is -0.0384. The first-order valence-electron chi connectivity index (χ1n) is 11.8. The van der Waals surface area contributed by atoms with Gasteiger partial charge in [0.15, 0.2) is 0 Å². The van der Waals surface area contributed by atoms with Gasteiger partial charge in [0.25, 0.3) is 0 Å². The normalized spacial score (nSPS) is 16.3. The van der Waals surface area contributed by atoms with Crippen molar-refractivity contribution in [1.29, 1.82) is 0 Å². The van der Waals surface area contributed by atoms with Gasteiger partial charge in [0, 0.05) is 57.4 Å². The zero-order valence-corrected chi connectivity index (χ0v) is 19.6. The van der Waals surface area contributed by atoms with Gasteiger partial charge in [0.2, 0.25) is 5.95 Å². The summed E-state index contributed by atoms with van der Waals surface area (Å²) in [4.78, 5) is 28.2. The summed E-state index contributed by atoms with van der Waals surface area (Å²) < 4.78 is 0. The summed E-state index contributed by atoms with van der Waals surface area (Å²) in [7, 11) is 2.13. The van der Waals surface area contributed by atoms with Crippen LogP contribution in [0.5, 0.6) is 0 Å². The summed E-state index contributed by atoms with van der Waals surface area (Å²) in [5.74, 6) is 1.15. The zero-order chi connectivity index (χ0) is 23.5. The number of hydrogen-bond acceptors (Lipinski definition) is 6. The van der Waals surface area contributed by atoms with Gasteiger partial charge in [-0.2, -0.15) is 4.98 Å². The van der Waals surface area contributed by atoms with Crippen LogP contribution in [0.1, 0.15) is 16.7 Å². The van der Waals surface area contributed by atoms with Crippen LogP contribution in [-0.4, -0.2) is 65.6 Å². The number of amides is 2. The van der Waals surface area contributed by atoms with Gasteiger partial charge in [-0.1, -0.05) is 42.5 Å². The Kier molecular flexibility index (Phi) is 6.31. The van der Waals surface area contributed by atoms with Gasteiger partial charge >= 0.3 is 6.03 Å². The van der Waals surface area contributed by atoms with Gasteiger partial charge < -0.3 is 25.8 Å². The molecule has 2 aliphatic heterocycles. The molecular formula is C26H31N7O. The molecule has 3 heterocycles. The summed E-state index contributed by atoms with van der Waals surface area (Å²) in [6.45, 7) is 5.66. The van der Waals surface area contributed by atoms with Crippen molar-refractivity contribution < 1.29 is 4.79 Å². The highest BCUT2D eigenvalue weighted by molar-refractivity contribution is 5.75. The lowest BCUT2D eigenvalue weighted by atomic mass is 9.96. The first kappa shape index (κ1) is 22.2. The summed E-state index contributed by atoms with van der Waals surface area (Å²) in [6, 6.07) is 18.3. The molecule has 3 N–H and O–H groups in total. The second kappa shape index (κ2) is 9.69. The third-order valence-corrected chi connectivity index (χ3v) is 6.65. The maximum Gasteiger partial charge on any atom is 0.317 e. The van der Waals surface area contributed by atoms with Gasteiger partial charge in [-0.05, 0) is 36.2 Å². The van der Waals surface area contributed by atoms with Crippen LogP contribution in [0.2, 0.25) is 0 Å². The van der Waals surface area contributed by atoms with Crippen LogP contribution in [-0.2, 0) is 19.5 Å². The molecule has 0 unspecified atom stereocenters. The SMILES string of the molecule is CN1CCN(c2cc(-c3ccc4c(c3)CN(C(=O)NCc3ccccc3)CC4)nc(N)n2)CC1. The van der Waals surface area contributed by atoms with Crippen LogP contribution in [0.25, 0.3) is 11.3 Å². The molecule has 2 aliphatic rings. The number of nitrogen functional groups attached to an aromatic ring is 1. The van der Waals surface area contributed by atoms with Crippen LogP contribution in [0.3, 0.4) is 0 Å². The second-order valence-electron chi connectivity index (χ2n) is 9.06. The van der Waals surface area contributed by atoms with E-state index in [1.165, 1.54) is 5.56 Å². The molecule has 0 saturated carbocycles. The topological polar surface area (TPSA) is 90.6 Å². The average Bonchev–Trinajstić information content (AvgIpc) is 2.87. The van der Waals surface area contributed by atoms with Gasteiger partial charge in [-0.3, -0.25) is 0 Å². The molecule has 5 rings (SSSR count). The number of likely N-dealkylation sites (N-methyl/N-ethyl adjacent to an activating group) is 1. The maximum atomic E-state index is 12.8. The fourth-order valence-corrected chi connectivity index (χ4v) is 4.57. The molecule has 1 aromatic heterocycles. The maximum absolute atomic E-state index is 12.8. The molecule has 0 bridgehead atoms. The number of benzene rings is 2. The van der Waals surface area contributed by atoms with E-state index in [2.05, 4.69) is 50.3 Å². The number of nitrogens with two attached hydrogens (primary N) is 1. The van der Waals surface area contributed by atoms with E-state index in [0.717, 1.165) is 60.8 Å². The lowest BCUT2D eigenvalue weighted by molar-refractivity contribution is 0.192. The molecule has 1 fully saturated rings. The number of hydrogen-bond donors (Lipinski definition) is 2. The molecule has 2 aromatic carbocycles. The Labute approximate surface area is 200 Å². The van der Waals surface area contributed by atoms with Crippen LogP contribution in [0.15, 0.2) is 54.6 Å². The van der Waals surface area contributed by atoms with Crippen molar-refractivity contribution in [2.24, 2.45) is 0 Å². The number of urea groups is 1. The first-order valence-corrected chi connectivity index (χ1v) is 11.8. The summed E-state index contributed by atoms with van der Waals surface area (Å²) in [5, 5.41) is 3.04. The number of nitrogens with one attached hydrogen (secondary N) is 1. The Morgan fingerprint density at radius 2 is 1.76 bits per heavy atom. The summed E-state index contributed by atoms with van der Waals surface area (Å²) in [5.41, 5.74) is 11.4. The van der Waals surface area contributed by atoms with Crippen molar-refractivity contribution in [2.75, 3.05) is 50.4 Å². The highest BCUT2D eigenvalue weighted by Gasteiger charge is 2.22. The van der Waals surface area contributed by atoms with E-state index >= 15 is 0 Å². The average molecular weight is 458 g/mol.